The molecule has 1 heterocycles. The van der Waals surface area contributed by atoms with E-state index in [2.05, 4.69) is 4.72 Å². The zero-order valence-corrected chi connectivity index (χ0v) is 19.8. The fraction of sp³-hybridized carbons (Fsp3) is 0.269. The number of anilines is 1. The molecule has 1 amide bonds. The number of rotatable bonds is 7. The first-order valence-electron chi connectivity index (χ1n) is 11.2. The zero-order valence-electron chi connectivity index (χ0n) is 19.0. The predicted octanol–water partition coefficient (Wildman–Crippen LogP) is 3.37. The van der Waals surface area contributed by atoms with Gasteiger partial charge in [0, 0.05) is 26.2 Å². The van der Waals surface area contributed by atoms with Crippen LogP contribution in [0.2, 0.25) is 0 Å². The van der Waals surface area contributed by atoms with Gasteiger partial charge in [-0.15, -0.1) is 0 Å². The minimum absolute atomic E-state index is 0.119. The quantitative estimate of drug-likeness (QED) is 0.562. The maximum atomic E-state index is 14.2. The molecular formula is C26H28FN3O3S. The van der Waals surface area contributed by atoms with Gasteiger partial charge in [-0.25, -0.2) is 12.8 Å². The molecule has 0 radical (unpaired) electrons. The highest BCUT2D eigenvalue weighted by molar-refractivity contribution is 7.89. The lowest BCUT2D eigenvalue weighted by molar-refractivity contribution is -0.133. The van der Waals surface area contributed by atoms with Crippen LogP contribution in [0.4, 0.5) is 10.1 Å². The Morgan fingerprint density at radius 3 is 2.18 bits per heavy atom. The molecule has 178 valence electrons. The van der Waals surface area contributed by atoms with Crippen molar-refractivity contribution >= 4 is 21.6 Å². The number of amides is 1. The van der Waals surface area contributed by atoms with Crippen LogP contribution in [0, 0.1) is 12.7 Å². The molecule has 1 fully saturated rings. The molecule has 3 aromatic carbocycles. The lowest BCUT2D eigenvalue weighted by atomic mass is 10.1. The van der Waals surface area contributed by atoms with Crippen molar-refractivity contribution in [3.8, 4) is 0 Å². The van der Waals surface area contributed by atoms with Gasteiger partial charge < -0.3 is 9.80 Å². The first kappa shape index (κ1) is 23.9. The maximum Gasteiger partial charge on any atom is 0.241 e. The Kier molecular flexibility index (Phi) is 7.29. The van der Waals surface area contributed by atoms with Gasteiger partial charge in [0.1, 0.15) is 11.9 Å². The first-order valence-corrected chi connectivity index (χ1v) is 12.7. The molecule has 6 nitrogen and oxygen atoms in total. The molecular weight excluding hydrogens is 453 g/mol. The number of carbonyl (C=O) groups excluding carboxylic acids is 1. The summed E-state index contributed by atoms with van der Waals surface area (Å²) >= 11 is 0. The van der Waals surface area contributed by atoms with Gasteiger partial charge in [0.05, 0.1) is 10.6 Å². The summed E-state index contributed by atoms with van der Waals surface area (Å²) in [4.78, 5) is 17.2. The minimum Gasteiger partial charge on any atom is -0.366 e. The van der Waals surface area contributed by atoms with E-state index in [1.165, 1.54) is 18.2 Å². The number of sulfonamides is 1. The van der Waals surface area contributed by atoms with E-state index >= 15 is 0 Å². The van der Waals surface area contributed by atoms with Crippen LogP contribution in [-0.4, -0.2) is 51.4 Å². The van der Waals surface area contributed by atoms with Crippen molar-refractivity contribution in [2.75, 3.05) is 31.1 Å². The number of piperazine rings is 1. The summed E-state index contributed by atoms with van der Waals surface area (Å²) < 4.78 is 43.0. The molecule has 8 heteroatoms. The Balaban J connectivity index is 1.51. The van der Waals surface area contributed by atoms with E-state index in [0.29, 0.717) is 31.9 Å². The summed E-state index contributed by atoms with van der Waals surface area (Å²) in [6.45, 7) is 3.58. The second-order valence-corrected chi connectivity index (χ2v) is 10.2. The van der Waals surface area contributed by atoms with Gasteiger partial charge in [-0.3, -0.25) is 4.79 Å². The highest BCUT2D eigenvalue weighted by Crippen LogP contribution is 2.21. The van der Waals surface area contributed by atoms with Gasteiger partial charge in [0.25, 0.3) is 0 Å². The van der Waals surface area contributed by atoms with Crippen LogP contribution in [0.1, 0.15) is 11.1 Å². The largest absolute Gasteiger partial charge is 0.366 e. The van der Waals surface area contributed by atoms with Crippen molar-refractivity contribution in [1.82, 2.24) is 9.62 Å². The van der Waals surface area contributed by atoms with Gasteiger partial charge in [0.15, 0.2) is 0 Å². The standard InChI is InChI=1S/C26H28FN3O3S/c1-20-11-13-22(14-12-20)34(32,33)28-24(19-21-7-3-2-4-8-21)26(31)30-17-15-29(16-18-30)25-10-6-5-9-23(25)27/h2-14,24,28H,15-19H2,1H3/t24-/m1/s1. The molecule has 0 bridgehead atoms. The molecule has 0 spiro atoms. The van der Waals surface area contributed by atoms with Crippen LogP contribution in [0.25, 0.3) is 0 Å². The van der Waals surface area contributed by atoms with E-state index in [9.17, 15) is 17.6 Å². The van der Waals surface area contributed by atoms with Crippen LogP contribution in [-0.2, 0) is 21.2 Å². The van der Waals surface area contributed by atoms with Crippen molar-refractivity contribution in [3.05, 3.63) is 95.8 Å². The lowest BCUT2D eigenvalue weighted by Crippen LogP contribution is -2.55. The van der Waals surface area contributed by atoms with E-state index in [1.54, 1.807) is 35.2 Å². The van der Waals surface area contributed by atoms with Crippen LogP contribution in [0.15, 0.2) is 83.8 Å². The Morgan fingerprint density at radius 1 is 0.912 bits per heavy atom. The average Bonchev–Trinajstić information content (AvgIpc) is 2.84. The van der Waals surface area contributed by atoms with Crippen molar-refractivity contribution < 1.29 is 17.6 Å². The Bertz CT molecular complexity index is 1230. The molecule has 0 saturated carbocycles. The molecule has 1 atom stereocenters. The number of hydrogen-bond acceptors (Lipinski definition) is 4. The molecule has 34 heavy (non-hydrogen) atoms. The topological polar surface area (TPSA) is 69.7 Å². The number of nitrogens with zero attached hydrogens (tertiary/aromatic N) is 2. The molecule has 1 saturated heterocycles. The molecule has 4 rings (SSSR count). The second-order valence-electron chi connectivity index (χ2n) is 8.44. The summed E-state index contributed by atoms with van der Waals surface area (Å²) in [5.41, 5.74) is 2.32. The Morgan fingerprint density at radius 2 is 1.53 bits per heavy atom. The number of para-hydroxylation sites is 1. The molecule has 1 N–H and O–H groups in total. The fourth-order valence-corrected chi connectivity index (χ4v) is 5.29. The molecule has 1 aliphatic rings. The summed E-state index contributed by atoms with van der Waals surface area (Å²) in [6, 6.07) is 21.5. The minimum atomic E-state index is -3.90. The average molecular weight is 482 g/mol. The molecule has 0 aliphatic carbocycles. The SMILES string of the molecule is Cc1ccc(S(=O)(=O)N[C@H](Cc2ccccc2)C(=O)N2CCN(c3ccccc3F)CC2)cc1. The van der Waals surface area contributed by atoms with Crippen LogP contribution >= 0.6 is 0 Å². The van der Waals surface area contributed by atoms with Crippen LogP contribution in [0.5, 0.6) is 0 Å². The van der Waals surface area contributed by atoms with E-state index in [4.69, 9.17) is 0 Å². The van der Waals surface area contributed by atoms with Crippen molar-refractivity contribution in [3.63, 3.8) is 0 Å². The third-order valence-electron chi connectivity index (χ3n) is 5.99. The number of aryl methyl sites for hydroxylation is 1. The number of nitrogens with one attached hydrogen (secondary N) is 1. The van der Waals surface area contributed by atoms with E-state index < -0.39 is 16.1 Å². The predicted molar refractivity (Wildman–Crippen MR) is 131 cm³/mol. The van der Waals surface area contributed by atoms with Crippen molar-refractivity contribution in [1.29, 1.82) is 0 Å². The van der Waals surface area contributed by atoms with Gasteiger partial charge >= 0.3 is 0 Å². The monoisotopic (exact) mass is 481 g/mol. The smallest absolute Gasteiger partial charge is 0.241 e. The van der Waals surface area contributed by atoms with E-state index in [-0.39, 0.29) is 23.0 Å². The second kappa shape index (κ2) is 10.4. The fourth-order valence-electron chi connectivity index (χ4n) is 4.10. The molecule has 0 aromatic heterocycles. The molecule has 3 aromatic rings. The third-order valence-corrected chi connectivity index (χ3v) is 7.48. The normalized spacial score (nSPS) is 15.2. The Hall–Kier alpha value is -3.23. The highest BCUT2D eigenvalue weighted by Gasteiger charge is 2.31. The van der Waals surface area contributed by atoms with E-state index in [1.807, 2.05) is 42.2 Å². The number of hydrogen-bond donors (Lipinski definition) is 1. The highest BCUT2D eigenvalue weighted by atomic mass is 32.2. The van der Waals surface area contributed by atoms with Crippen molar-refractivity contribution in [2.45, 2.75) is 24.3 Å². The lowest BCUT2D eigenvalue weighted by Gasteiger charge is -2.37. The van der Waals surface area contributed by atoms with Gasteiger partial charge in [-0.2, -0.15) is 4.72 Å². The first-order chi connectivity index (χ1) is 16.3. The number of benzene rings is 3. The van der Waals surface area contributed by atoms with Gasteiger partial charge in [-0.1, -0.05) is 60.2 Å². The summed E-state index contributed by atoms with van der Waals surface area (Å²) in [5.74, 6) is -0.581. The summed E-state index contributed by atoms with van der Waals surface area (Å²) in [5, 5.41) is 0. The zero-order chi connectivity index (χ0) is 24.1. The number of halogens is 1. The van der Waals surface area contributed by atoms with Gasteiger partial charge in [0.2, 0.25) is 15.9 Å². The number of carbonyl (C=O) groups is 1. The Labute approximate surface area is 200 Å². The summed E-state index contributed by atoms with van der Waals surface area (Å²) in [6.07, 6.45) is 0.234. The van der Waals surface area contributed by atoms with E-state index in [0.717, 1.165) is 11.1 Å². The van der Waals surface area contributed by atoms with Crippen LogP contribution < -0.4 is 9.62 Å². The van der Waals surface area contributed by atoms with Crippen LogP contribution in [0.3, 0.4) is 0 Å². The van der Waals surface area contributed by atoms with Gasteiger partial charge in [-0.05, 0) is 43.2 Å². The van der Waals surface area contributed by atoms with Crippen molar-refractivity contribution in [2.24, 2.45) is 0 Å². The molecule has 1 aliphatic heterocycles. The maximum absolute atomic E-state index is 14.2. The summed E-state index contributed by atoms with van der Waals surface area (Å²) in [7, 11) is -3.90. The third kappa shape index (κ3) is 5.63. The molecule has 0 unspecified atom stereocenters.